The maximum Gasteiger partial charge on any atom is 0.220 e. The van der Waals surface area contributed by atoms with Crippen molar-refractivity contribution in [1.82, 2.24) is 5.32 Å². The van der Waals surface area contributed by atoms with Crippen LogP contribution in [0.2, 0.25) is 0 Å². The number of hydrogen-bond donors (Lipinski definition) is 9. The summed E-state index contributed by atoms with van der Waals surface area (Å²) in [6.07, 6.45) is 19.2. The van der Waals surface area contributed by atoms with Crippen LogP contribution in [0.15, 0.2) is 36.5 Å². The molecule has 2 aliphatic heterocycles. The Balaban J connectivity index is 1.87. The molecule has 0 aromatic heterocycles. The standard InChI is InChI=1S/C46H83NO13/c1-3-5-7-9-11-13-15-16-17-18-19-20-22-24-26-28-30-38(51)47-34(35(50)29-27-25-23-21-14-12-10-8-6-4-2)33-57-45-43(56)41(54)44(37(32-49)59-45)60-46-42(55)40(53)39(52)36(31-48)58-46/h6,8,14,21,27,29,34-37,39-46,48-50,52-56H,3-5,7,9-13,15-20,22-26,28,30-33H2,1-2H3,(H,47,51)/b8-6+,21-14+,29-27+. The van der Waals surface area contributed by atoms with Crippen LogP contribution in [0, 0.1) is 0 Å². The number of amides is 1. The zero-order valence-corrected chi connectivity index (χ0v) is 36.7. The lowest BCUT2D eigenvalue weighted by atomic mass is 9.97. The minimum atomic E-state index is -1.79. The lowest BCUT2D eigenvalue weighted by Gasteiger charge is -2.46. The summed E-state index contributed by atoms with van der Waals surface area (Å²) in [6.45, 7) is 2.61. The van der Waals surface area contributed by atoms with E-state index in [0.29, 0.717) is 12.8 Å². The van der Waals surface area contributed by atoms with Crippen LogP contribution in [-0.4, -0.2) is 140 Å². The van der Waals surface area contributed by atoms with Gasteiger partial charge >= 0.3 is 0 Å². The summed E-state index contributed by atoms with van der Waals surface area (Å²) in [5.74, 6) is -0.257. The van der Waals surface area contributed by atoms with Crippen molar-refractivity contribution in [3.05, 3.63) is 36.5 Å². The molecule has 0 radical (unpaired) electrons. The highest BCUT2D eigenvalue weighted by molar-refractivity contribution is 5.76. The van der Waals surface area contributed by atoms with E-state index in [4.69, 9.17) is 18.9 Å². The maximum absolute atomic E-state index is 13.1. The van der Waals surface area contributed by atoms with Crippen LogP contribution < -0.4 is 5.32 Å². The quantitative estimate of drug-likeness (QED) is 0.0315. The number of allylic oxidation sites excluding steroid dienone is 5. The van der Waals surface area contributed by atoms with Crippen LogP contribution in [0.4, 0.5) is 0 Å². The SMILES string of the molecule is CC/C=C/CC/C=C/CC/C=C/C(O)C(COC1OC(CO)C(OC2OC(CO)C(O)C(O)C2O)C(O)C1O)NC(=O)CCCCCCCCCCCCCCCCCC. The molecule has 12 unspecified atom stereocenters. The van der Waals surface area contributed by atoms with Gasteiger partial charge in [0, 0.05) is 6.42 Å². The highest BCUT2D eigenvalue weighted by Crippen LogP contribution is 2.30. The van der Waals surface area contributed by atoms with Gasteiger partial charge in [0.2, 0.25) is 5.91 Å². The molecule has 14 nitrogen and oxygen atoms in total. The molecule has 60 heavy (non-hydrogen) atoms. The van der Waals surface area contributed by atoms with E-state index < -0.39 is 86.8 Å². The van der Waals surface area contributed by atoms with Gasteiger partial charge in [0.05, 0.1) is 32.0 Å². The Bertz CT molecular complexity index is 1150. The van der Waals surface area contributed by atoms with Crippen molar-refractivity contribution in [1.29, 1.82) is 0 Å². The predicted octanol–water partition coefficient (Wildman–Crippen LogP) is 4.76. The molecule has 9 N–H and O–H groups in total. The number of hydrogen-bond acceptors (Lipinski definition) is 13. The lowest BCUT2D eigenvalue weighted by Crippen LogP contribution is -2.65. The van der Waals surface area contributed by atoms with E-state index in [1.165, 1.54) is 77.0 Å². The molecule has 350 valence electrons. The summed E-state index contributed by atoms with van der Waals surface area (Å²) < 4.78 is 22.6. The van der Waals surface area contributed by atoms with E-state index in [0.717, 1.165) is 44.9 Å². The zero-order valence-electron chi connectivity index (χ0n) is 36.7. The Labute approximate surface area is 360 Å². The molecule has 1 amide bonds. The van der Waals surface area contributed by atoms with Crippen LogP contribution in [0.5, 0.6) is 0 Å². The van der Waals surface area contributed by atoms with Gasteiger partial charge in [0.1, 0.15) is 48.8 Å². The van der Waals surface area contributed by atoms with Crippen molar-refractivity contribution >= 4 is 5.91 Å². The van der Waals surface area contributed by atoms with Gasteiger partial charge < -0.3 is 65.1 Å². The third kappa shape index (κ3) is 21.5. The third-order valence-corrected chi connectivity index (χ3v) is 11.3. The molecule has 2 heterocycles. The van der Waals surface area contributed by atoms with E-state index in [1.54, 1.807) is 6.08 Å². The van der Waals surface area contributed by atoms with Crippen LogP contribution >= 0.6 is 0 Å². The molecule has 0 aromatic rings. The van der Waals surface area contributed by atoms with Crippen molar-refractivity contribution in [2.24, 2.45) is 0 Å². The summed E-state index contributed by atoms with van der Waals surface area (Å²) in [6, 6.07) is -0.931. The second-order valence-corrected chi connectivity index (χ2v) is 16.5. The molecule has 2 saturated heterocycles. The fourth-order valence-electron chi connectivity index (χ4n) is 7.50. The molecule has 14 heteroatoms. The van der Waals surface area contributed by atoms with Crippen molar-refractivity contribution < 1.29 is 64.6 Å². The van der Waals surface area contributed by atoms with Crippen LogP contribution in [0.1, 0.15) is 155 Å². The predicted molar refractivity (Wildman–Crippen MR) is 231 cm³/mol. The van der Waals surface area contributed by atoms with Gasteiger partial charge in [-0.2, -0.15) is 0 Å². The van der Waals surface area contributed by atoms with Gasteiger partial charge in [-0.3, -0.25) is 4.79 Å². The maximum atomic E-state index is 13.1. The summed E-state index contributed by atoms with van der Waals surface area (Å²) in [7, 11) is 0. The Morgan fingerprint density at radius 3 is 1.62 bits per heavy atom. The first-order chi connectivity index (χ1) is 29.1. The molecule has 0 spiro atoms. The van der Waals surface area contributed by atoms with Gasteiger partial charge in [-0.25, -0.2) is 0 Å². The van der Waals surface area contributed by atoms with Crippen LogP contribution in [0.25, 0.3) is 0 Å². The zero-order chi connectivity index (χ0) is 44.0. The first-order valence-electron chi connectivity index (χ1n) is 23.2. The number of carbonyl (C=O) groups is 1. The van der Waals surface area contributed by atoms with E-state index in [2.05, 4.69) is 43.5 Å². The number of aliphatic hydroxyl groups is 8. The average Bonchev–Trinajstić information content (AvgIpc) is 3.24. The normalized spacial score (nSPS) is 28.6. The molecule has 12 atom stereocenters. The minimum Gasteiger partial charge on any atom is -0.394 e. The van der Waals surface area contributed by atoms with Gasteiger partial charge in [-0.15, -0.1) is 0 Å². The van der Waals surface area contributed by atoms with Crippen LogP contribution in [-0.2, 0) is 23.7 Å². The molecular weight excluding hydrogens is 774 g/mol. The Hall–Kier alpha value is -1.79. The summed E-state index contributed by atoms with van der Waals surface area (Å²) in [5.41, 5.74) is 0. The minimum absolute atomic E-state index is 0.257. The summed E-state index contributed by atoms with van der Waals surface area (Å²) >= 11 is 0. The fraction of sp³-hybridized carbons (Fsp3) is 0.848. The molecular formula is C46H83NO13. The monoisotopic (exact) mass is 858 g/mol. The average molecular weight is 858 g/mol. The van der Waals surface area contributed by atoms with Crippen molar-refractivity contribution in [3.63, 3.8) is 0 Å². The molecule has 0 aromatic carbocycles. The first kappa shape index (κ1) is 54.3. The number of unbranched alkanes of at least 4 members (excludes halogenated alkanes) is 17. The first-order valence-corrected chi connectivity index (χ1v) is 23.2. The van der Waals surface area contributed by atoms with Gasteiger partial charge in [0.25, 0.3) is 0 Å². The lowest BCUT2D eigenvalue weighted by molar-refractivity contribution is -0.359. The number of ether oxygens (including phenoxy) is 4. The van der Waals surface area contributed by atoms with Gasteiger partial charge in [0.15, 0.2) is 12.6 Å². The van der Waals surface area contributed by atoms with Crippen LogP contribution in [0.3, 0.4) is 0 Å². The molecule has 2 aliphatic rings. The van der Waals surface area contributed by atoms with E-state index in [9.17, 15) is 45.6 Å². The highest BCUT2D eigenvalue weighted by atomic mass is 16.7. The van der Waals surface area contributed by atoms with Crippen molar-refractivity contribution in [2.75, 3.05) is 19.8 Å². The Kier molecular flexibility index (Phi) is 30.5. The fourth-order valence-corrected chi connectivity index (χ4v) is 7.50. The second-order valence-electron chi connectivity index (χ2n) is 16.5. The summed E-state index contributed by atoms with van der Waals surface area (Å²) in [4.78, 5) is 13.1. The molecule has 2 rings (SSSR count). The number of rotatable bonds is 34. The van der Waals surface area contributed by atoms with Crippen molar-refractivity contribution in [3.8, 4) is 0 Å². The van der Waals surface area contributed by atoms with Gasteiger partial charge in [-0.05, 0) is 38.5 Å². The van der Waals surface area contributed by atoms with E-state index in [-0.39, 0.29) is 18.9 Å². The summed E-state index contributed by atoms with van der Waals surface area (Å²) in [5, 5.41) is 86.3. The molecule has 0 bridgehead atoms. The van der Waals surface area contributed by atoms with E-state index in [1.807, 2.05) is 6.08 Å². The van der Waals surface area contributed by atoms with Gasteiger partial charge in [-0.1, -0.05) is 147 Å². The van der Waals surface area contributed by atoms with E-state index >= 15 is 0 Å². The van der Waals surface area contributed by atoms with Crippen molar-refractivity contribution in [2.45, 2.75) is 229 Å². The third-order valence-electron chi connectivity index (χ3n) is 11.3. The number of nitrogens with one attached hydrogen (secondary N) is 1. The molecule has 2 fully saturated rings. The topological polar surface area (TPSA) is 228 Å². The number of aliphatic hydroxyl groups excluding tert-OH is 8. The largest absolute Gasteiger partial charge is 0.394 e. The highest BCUT2D eigenvalue weighted by Gasteiger charge is 2.50. The Morgan fingerprint density at radius 2 is 1.08 bits per heavy atom. The molecule has 0 aliphatic carbocycles. The number of carbonyl (C=O) groups excluding carboxylic acids is 1. The smallest absolute Gasteiger partial charge is 0.220 e. The Morgan fingerprint density at radius 1 is 0.600 bits per heavy atom. The second kappa shape index (κ2) is 33.7. The molecule has 0 saturated carbocycles.